The van der Waals surface area contributed by atoms with Crippen LogP contribution in [-0.4, -0.2) is 36.1 Å². The highest BCUT2D eigenvalue weighted by Gasteiger charge is 2.46. The molecular weight excluding hydrogens is 348 g/mol. The molecule has 5 rings (SSSR count). The van der Waals surface area contributed by atoms with Crippen LogP contribution in [0, 0.1) is 30.1 Å². The highest BCUT2D eigenvalue weighted by atomic mass is 15.2. The van der Waals surface area contributed by atoms with E-state index in [2.05, 4.69) is 45.6 Å². The number of nitriles is 1. The van der Waals surface area contributed by atoms with Crippen molar-refractivity contribution in [2.24, 2.45) is 11.8 Å². The summed E-state index contributed by atoms with van der Waals surface area (Å²) < 4.78 is 0. The number of pyridine rings is 2. The van der Waals surface area contributed by atoms with Crippen LogP contribution in [0.5, 0.6) is 0 Å². The van der Waals surface area contributed by atoms with Crippen LogP contribution in [-0.2, 0) is 5.41 Å². The molecule has 0 bridgehead atoms. The number of anilines is 3. The van der Waals surface area contributed by atoms with Gasteiger partial charge in [-0.15, -0.1) is 0 Å². The van der Waals surface area contributed by atoms with E-state index in [9.17, 15) is 5.26 Å². The largest absolute Gasteiger partial charge is 0.356 e. The number of rotatable bonds is 4. The first kappa shape index (κ1) is 17.4. The number of hydrogen-bond acceptors (Lipinski definition) is 6. The summed E-state index contributed by atoms with van der Waals surface area (Å²) in [5.74, 6) is 4.23. The minimum absolute atomic E-state index is 0.442. The Kier molecular flexibility index (Phi) is 4.21. The molecule has 6 nitrogen and oxygen atoms in total. The second kappa shape index (κ2) is 6.75. The van der Waals surface area contributed by atoms with E-state index in [4.69, 9.17) is 4.98 Å². The van der Waals surface area contributed by atoms with Gasteiger partial charge < -0.3 is 15.5 Å². The van der Waals surface area contributed by atoms with Crippen molar-refractivity contribution in [3.8, 4) is 6.07 Å². The second-order valence-electron chi connectivity index (χ2n) is 8.55. The summed E-state index contributed by atoms with van der Waals surface area (Å²) in [7, 11) is 0. The standard InChI is InChI=1S/C22H26N6/c1-15-2-5-25-19(8-15)26-20-10-18(22(14-23)3-6-24-7-4-22)11-21(27-20)28-12-16-9-17(16)13-28/h2,5,8,10-11,16-17,24H,3-4,6-7,9,12-13H2,1H3,(H,25,26,27). The topological polar surface area (TPSA) is 76.9 Å². The van der Waals surface area contributed by atoms with Gasteiger partial charge in [0.25, 0.3) is 0 Å². The molecule has 6 heteroatoms. The van der Waals surface area contributed by atoms with E-state index in [1.165, 1.54) is 6.42 Å². The zero-order valence-corrected chi connectivity index (χ0v) is 16.3. The summed E-state index contributed by atoms with van der Waals surface area (Å²) >= 11 is 0. The Labute approximate surface area is 166 Å². The van der Waals surface area contributed by atoms with Gasteiger partial charge in [0.05, 0.1) is 11.5 Å². The van der Waals surface area contributed by atoms with E-state index in [1.54, 1.807) is 6.20 Å². The summed E-state index contributed by atoms with van der Waals surface area (Å²) in [6.45, 7) is 5.98. The molecule has 1 aliphatic carbocycles. The van der Waals surface area contributed by atoms with Crippen LogP contribution in [0.3, 0.4) is 0 Å². The number of fused-ring (bicyclic) bond motifs is 1. The highest BCUT2D eigenvalue weighted by molar-refractivity contribution is 5.60. The summed E-state index contributed by atoms with van der Waals surface area (Å²) in [4.78, 5) is 11.7. The Morgan fingerprint density at radius 2 is 1.96 bits per heavy atom. The van der Waals surface area contributed by atoms with E-state index in [1.807, 2.05) is 12.1 Å². The zero-order valence-electron chi connectivity index (χ0n) is 16.3. The molecular formula is C22H26N6. The van der Waals surface area contributed by atoms with Gasteiger partial charge in [-0.3, -0.25) is 0 Å². The van der Waals surface area contributed by atoms with Crippen molar-refractivity contribution in [3.63, 3.8) is 0 Å². The van der Waals surface area contributed by atoms with Crippen molar-refractivity contribution in [1.29, 1.82) is 5.26 Å². The van der Waals surface area contributed by atoms with Crippen LogP contribution in [0.1, 0.15) is 30.4 Å². The van der Waals surface area contributed by atoms with Crippen LogP contribution < -0.4 is 15.5 Å². The fourth-order valence-corrected chi connectivity index (χ4v) is 4.66. The molecule has 2 N–H and O–H groups in total. The van der Waals surface area contributed by atoms with Crippen molar-refractivity contribution in [2.75, 3.05) is 36.4 Å². The average molecular weight is 374 g/mol. The quantitative estimate of drug-likeness (QED) is 0.856. The SMILES string of the molecule is Cc1ccnc(Nc2cc(C3(C#N)CCNCC3)cc(N3CC4CC4C3)n2)c1. The molecule has 0 radical (unpaired) electrons. The van der Waals surface area contributed by atoms with Gasteiger partial charge >= 0.3 is 0 Å². The van der Waals surface area contributed by atoms with E-state index in [0.717, 1.165) is 79.4 Å². The lowest BCUT2D eigenvalue weighted by molar-refractivity contribution is 0.382. The predicted octanol–water partition coefficient (Wildman–Crippen LogP) is 3.13. The van der Waals surface area contributed by atoms with Crippen molar-refractivity contribution in [2.45, 2.75) is 31.6 Å². The molecule has 0 aromatic carbocycles. The Balaban J connectivity index is 1.53. The van der Waals surface area contributed by atoms with Crippen molar-refractivity contribution < 1.29 is 0 Å². The van der Waals surface area contributed by atoms with Gasteiger partial charge in [0.1, 0.15) is 17.5 Å². The third kappa shape index (κ3) is 3.20. The van der Waals surface area contributed by atoms with E-state index < -0.39 is 5.41 Å². The molecule has 0 spiro atoms. The molecule has 2 aromatic rings. The Bertz CT molecular complexity index is 917. The first-order chi connectivity index (χ1) is 13.6. The maximum absolute atomic E-state index is 10.1. The van der Waals surface area contributed by atoms with Crippen LogP contribution in [0.25, 0.3) is 0 Å². The summed E-state index contributed by atoms with van der Waals surface area (Å²) in [5, 5.41) is 16.8. The molecule has 1 saturated carbocycles. The number of hydrogen-bond donors (Lipinski definition) is 2. The molecule has 3 aliphatic rings. The highest BCUT2D eigenvalue weighted by Crippen LogP contribution is 2.46. The van der Waals surface area contributed by atoms with E-state index in [-0.39, 0.29) is 0 Å². The Morgan fingerprint density at radius 1 is 1.18 bits per heavy atom. The van der Waals surface area contributed by atoms with Gasteiger partial charge in [0.2, 0.25) is 0 Å². The Hall–Kier alpha value is -2.65. The van der Waals surface area contributed by atoms with Gasteiger partial charge in [0.15, 0.2) is 0 Å². The fraction of sp³-hybridized carbons (Fsp3) is 0.500. The lowest BCUT2D eigenvalue weighted by atomic mass is 9.74. The number of nitrogens with zero attached hydrogens (tertiary/aromatic N) is 4. The second-order valence-corrected chi connectivity index (χ2v) is 8.55. The lowest BCUT2D eigenvalue weighted by Gasteiger charge is -2.33. The summed E-state index contributed by atoms with van der Waals surface area (Å²) in [6, 6.07) is 10.9. The van der Waals surface area contributed by atoms with Gasteiger partial charge in [0, 0.05) is 19.3 Å². The van der Waals surface area contributed by atoms with Crippen LogP contribution >= 0.6 is 0 Å². The normalized spacial score (nSPS) is 25.1. The zero-order chi connectivity index (χ0) is 19.1. The van der Waals surface area contributed by atoms with Gasteiger partial charge in [-0.2, -0.15) is 5.26 Å². The third-order valence-electron chi connectivity index (χ3n) is 6.51. The minimum atomic E-state index is -0.442. The molecule has 3 fully saturated rings. The van der Waals surface area contributed by atoms with Crippen LogP contribution in [0.15, 0.2) is 30.5 Å². The lowest BCUT2D eigenvalue weighted by Crippen LogP contribution is -2.39. The van der Waals surface area contributed by atoms with Crippen LogP contribution in [0.2, 0.25) is 0 Å². The molecule has 4 heterocycles. The van der Waals surface area contributed by atoms with Crippen molar-refractivity contribution in [1.82, 2.24) is 15.3 Å². The Morgan fingerprint density at radius 3 is 2.68 bits per heavy atom. The van der Waals surface area contributed by atoms with E-state index >= 15 is 0 Å². The van der Waals surface area contributed by atoms with Gasteiger partial charge in [-0.05, 0) is 86.5 Å². The van der Waals surface area contributed by atoms with Crippen molar-refractivity contribution >= 4 is 17.5 Å². The molecule has 2 unspecified atom stereocenters. The molecule has 2 aromatic heterocycles. The molecule has 28 heavy (non-hydrogen) atoms. The summed E-state index contributed by atoms with van der Waals surface area (Å²) in [6.07, 6.45) is 4.84. The predicted molar refractivity (Wildman–Crippen MR) is 110 cm³/mol. The minimum Gasteiger partial charge on any atom is -0.356 e. The molecule has 2 aliphatic heterocycles. The maximum atomic E-state index is 10.1. The first-order valence-corrected chi connectivity index (χ1v) is 10.2. The van der Waals surface area contributed by atoms with Crippen LogP contribution in [0.4, 0.5) is 17.5 Å². The number of piperidine rings is 2. The maximum Gasteiger partial charge on any atom is 0.134 e. The molecule has 2 saturated heterocycles. The molecule has 0 amide bonds. The number of aryl methyl sites for hydroxylation is 1. The molecule has 144 valence electrons. The average Bonchev–Trinajstić information content (AvgIpc) is 3.33. The number of nitrogens with one attached hydrogen (secondary N) is 2. The van der Waals surface area contributed by atoms with E-state index in [0.29, 0.717) is 0 Å². The van der Waals surface area contributed by atoms with Gasteiger partial charge in [-0.1, -0.05) is 0 Å². The van der Waals surface area contributed by atoms with Crippen molar-refractivity contribution in [3.05, 3.63) is 41.6 Å². The number of aromatic nitrogens is 2. The smallest absolute Gasteiger partial charge is 0.134 e. The summed E-state index contributed by atoms with van der Waals surface area (Å²) in [5.41, 5.74) is 1.79. The molecule has 2 atom stereocenters. The fourth-order valence-electron chi connectivity index (χ4n) is 4.66. The monoisotopic (exact) mass is 374 g/mol. The third-order valence-corrected chi connectivity index (χ3v) is 6.51. The van der Waals surface area contributed by atoms with Gasteiger partial charge in [-0.25, -0.2) is 9.97 Å². The first-order valence-electron chi connectivity index (χ1n) is 10.2.